The van der Waals surface area contributed by atoms with Gasteiger partial charge in [-0.3, -0.25) is 9.59 Å². The molecule has 2 heterocycles. The standard InChI is InChI=1S/C11H13N5O4S/c1-3-7-10(19)12-11(16(15-7)4-9(17)18)21-5-8-14-13-6(2)20-8/h3-5H2,1-2H3,(H,17,18). The van der Waals surface area contributed by atoms with Gasteiger partial charge in [-0.25, -0.2) is 4.68 Å². The smallest absolute Gasteiger partial charge is 0.325 e. The first-order valence-corrected chi connectivity index (χ1v) is 7.09. The molecule has 21 heavy (non-hydrogen) atoms. The van der Waals surface area contributed by atoms with E-state index in [0.29, 0.717) is 18.2 Å². The fraction of sp³-hybridized carbons (Fsp3) is 0.455. The molecule has 0 aromatic carbocycles. The number of hydrogen-bond acceptors (Lipinski definition) is 8. The van der Waals surface area contributed by atoms with E-state index in [0.717, 1.165) is 11.8 Å². The minimum absolute atomic E-state index is 0.204. The zero-order chi connectivity index (χ0) is 15.4. The zero-order valence-corrected chi connectivity index (χ0v) is 12.3. The van der Waals surface area contributed by atoms with Gasteiger partial charge in [0.05, 0.1) is 5.75 Å². The van der Waals surface area contributed by atoms with Crippen molar-refractivity contribution in [3.63, 3.8) is 0 Å². The Hall–Kier alpha value is -2.23. The molecule has 0 amide bonds. The molecule has 0 radical (unpaired) electrons. The largest absolute Gasteiger partial charge is 0.480 e. The summed E-state index contributed by atoms with van der Waals surface area (Å²) in [7, 11) is 0. The Kier molecular flexibility index (Phi) is 4.68. The van der Waals surface area contributed by atoms with E-state index in [1.807, 2.05) is 0 Å². The van der Waals surface area contributed by atoms with Crippen LogP contribution in [-0.4, -0.2) is 36.0 Å². The number of carboxylic acids is 1. The molecule has 0 aliphatic rings. The molecule has 112 valence electrons. The molecule has 0 unspecified atom stereocenters. The number of thioether (sulfide) groups is 1. The van der Waals surface area contributed by atoms with Crippen LogP contribution in [0, 0.1) is 6.92 Å². The molecule has 2 rings (SSSR count). The quantitative estimate of drug-likeness (QED) is 0.748. The number of aliphatic carboxylic acids is 1. The van der Waals surface area contributed by atoms with Gasteiger partial charge in [0, 0.05) is 6.92 Å². The fourth-order valence-electron chi connectivity index (χ4n) is 1.52. The van der Waals surface area contributed by atoms with Crippen LogP contribution in [0.2, 0.25) is 0 Å². The van der Waals surface area contributed by atoms with Crippen molar-refractivity contribution in [3.05, 3.63) is 27.8 Å². The minimum atomic E-state index is -1.06. The third kappa shape index (κ3) is 3.88. The summed E-state index contributed by atoms with van der Waals surface area (Å²) in [5.41, 5.74) is -0.224. The lowest BCUT2D eigenvalue weighted by molar-refractivity contribution is -0.138. The molecule has 9 nitrogen and oxygen atoms in total. The van der Waals surface area contributed by atoms with Crippen molar-refractivity contribution in [1.29, 1.82) is 0 Å². The highest BCUT2D eigenvalue weighted by Crippen LogP contribution is 2.18. The van der Waals surface area contributed by atoms with Gasteiger partial charge < -0.3 is 9.52 Å². The Labute approximate surface area is 123 Å². The molecular weight excluding hydrogens is 298 g/mol. The molecule has 1 N–H and O–H groups in total. The zero-order valence-electron chi connectivity index (χ0n) is 11.4. The number of rotatable bonds is 6. The van der Waals surface area contributed by atoms with Gasteiger partial charge in [0.15, 0.2) is 5.16 Å². The van der Waals surface area contributed by atoms with Gasteiger partial charge in [0.1, 0.15) is 12.2 Å². The molecule has 2 aromatic rings. The van der Waals surface area contributed by atoms with Crippen molar-refractivity contribution in [2.24, 2.45) is 0 Å². The monoisotopic (exact) mass is 311 g/mol. The molecule has 0 aliphatic carbocycles. The fourth-order valence-corrected chi connectivity index (χ4v) is 2.29. The molecule has 2 aromatic heterocycles. The number of nitrogens with zero attached hydrogens (tertiary/aromatic N) is 5. The van der Waals surface area contributed by atoms with Crippen molar-refractivity contribution in [2.45, 2.75) is 37.7 Å². The van der Waals surface area contributed by atoms with E-state index >= 15 is 0 Å². The number of carboxylic acid groups (broad SMARTS) is 1. The first-order valence-electron chi connectivity index (χ1n) is 6.11. The Morgan fingerprint density at radius 3 is 2.76 bits per heavy atom. The Bertz CT molecular complexity index is 711. The molecule has 0 spiro atoms. The average molecular weight is 311 g/mol. The number of aryl methyl sites for hydroxylation is 2. The van der Waals surface area contributed by atoms with Crippen LogP contribution in [0.3, 0.4) is 0 Å². The number of carbonyl (C=O) groups is 1. The van der Waals surface area contributed by atoms with Gasteiger partial charge in [-0.1, -0.05) is 18.7 Å². The molecule has 0 saturated heterocycles. The maximum Gasteiger partial charge on any atom is 0.325 e. The summed E-state index contributed by atoms with van der Waals surface area (Å²) in [5, 5.41) is 20.6. The van der Waals surface area contributed by atoms with Crippen LogP contribution < -0.4 is 5.56 Å². The average Bonchev–Trinajstić information content (AvgIpc) is 2.84. The molecule has 0 atom stereocenters. The summed E-state index contributed by atoms with van der Waals surface area (Å²) in [4.78, 5) is 26.5. The van der Waals surface area contributed by atoms with Crippen LogP contribution in [0.25, 0.3) is 0 Å². The number of aromatic nitrogens is 5. The maximum absolute atomic E-state index is 11.7. The van der Waals surface area contributed by atoms with Crippen molar-refractivity contribution < 1.29 is 14.3 Å². The van der Waals surface area contributed by atoms with Crippen molar-refractivity contribution >= 4 is 17.7 Å². The SMILES string of the molecule is CCc1nn(CC(=O)O)c(SCc2nnc(C)o2)nc1=O. The highest BCUT2D eigenvalue weighted by atomic mass is 32.2. The Balaban J connectivity index is 2.25. The summed E-state index contributed by atoms with van der Waals surface area (Å²) in [6.45, 7) is 3.05. The third-order valence-corrected chi connectivity index (χ3v) is 3.37. The van der Waals surface area contributed by atoms with Gasteiger partial charge >= 0.3 is 5.97 Å². The van der Waals surface area contributed by atoms with Gasteiger partial charge in [-0.05, 0) is 6.42 Å². The Morgan fingerprint density at radius 1 is 1.43 bits per heavy atom. The van der Waals surface area contributed by atoms with Crippen LogP contribution in [0.4, 0.5) is 0 Å². The maximum atomic E-state index is 11.7. The minimum Gasteiger partial charge on any atom is -0.480 e. The number of hydrogen-bond donors (Lipinski definition) is 1. The van der Waals surface area contributed by atoms with E-state index in [4.69, 9.17) is 9.52 Å². The van der Waals surface area contributed by atoms with Crippen molar-refractivity contribution in [1.82, 2.24) is 25.0 Å². The normalized spacial score (nSPS) is 10.8. The lowest BCUT2D eigenvalue weighted by Crippen LogP contribution is -2.25. The highest BCUT2D eigenvalue weighted by Gasteiger charge is 2.14. The van der Waals surface area contributed by atoms with E-state index in [1.54, 1.807) is 13.8 Å². The topological polar surface area (TPSA) is 124 Å². The summed E-state index contributed by atoms with van der Waals surface area (Å²) in [6.07, 6.45) is 0.388. The van der Waals surface area contributed by atoms with Gasteiger partial charge in [0.25, 0.3) is 5.56 Å². The molecule has 10 heteroatoms. The van der Waals surface area contributed by atoms with Gasteiger partial charge in [0.2, 0.25) is 11.8 Å². The van der Waals surface area contributed by atoms with Crippen LogP contribution in [0.15, 0.2) is 14.4 Å². The van der Waals surface area contributed by atoms with Gasteiger partial charge in [-0.15, -0.1) is 10.2 Å². The first-order chi connectivity index (χ1) is 9.99. The second kappa shape index (κ2) is 6.48. The Morgan fingerprint density at radius 2 is 2.19 bits per heavy atom. The van der Waals surface area contributed by atoms with Crippen molar-refractivity contribution in [2.75, 3.05) is 0 Å². The van der Waals surface area contributed by atoms with E-state index in [1.165, 1.54) is 4.68 Å². The molecule has 0 fully saturated rings. The predicted octanol–water partition coefficient (Wildman–Crippen LogP) is 0.269. The van der Waals surface area contributed by atoms with E-state index in [2.05, 4.69) is 20.3 Å². The highest BCUT2D eigenvalue weighted by molar-refractivity contribution is 7.98. The molecule has 0 saturated carbocycles. The van der Waals surface area contributed by atoms with Crippen LogP contribution in [0.5, 0.6) is 0 Å². The first kappa shape index (κ1) is 15.2. The summed E-state index contributed by atoms with van der Waals surface area (Å²) >= 11 is 1.12. The lowest BCUT2D eigenvalue weighted by Gasteiger charge is -2.08. The predicted molar refractivity (Wildman–Crippen MR) is 71.9 cm³/mol. The van der Waals surface area contributed by atoms with Crippen LogP contribution >= 0.6 is 11.8 Å². The third-order valence-electron chi connectivity index (χ3n) is 2.42. The second-order valence-electron chi connectivity index (χ2n) is 4.05. The van der Waals surface area contributed by atoms with Crippen LogP contribution in [0.1, 0.15) is 24.4 Å². The lowest BCUT2D eigenvalue weighted by atomic mass is 10.4. The summed E-state index contributed by atoms with van der Waals surface area (Å²) in [5.74, 6) is 0.0136. The summed E-state index contributed by atoms with van der Waals surface area (Å²) < 4.78 is 6.40. The molecular formula is C11H13N5O4S. The second-order valence-corrected chi connectivity index (χ2v) is 5.00. The molecule has 0 aliphatic heterocycles. The van der Waals surface area contributed by atoms with Gasteiger partial charge in [-0.2, -0.15) is 10.1 Å². The van der Waals surface area contributed by atoms with Crippen LogP contribution in [-0.2, 0) is 23.5 Å². The van der Waals surface area contributed by atoms with E-state index in [-0.39, 0.29) is 23.1 Å². The van der Waals surface area contributed by atoms with E-state index in [9.17, 15) is 9.59 Å². The molecule has 0 bridgehead atoms. The van der Waals surface area contributed by atoms with Crippen molar-refractivity contribution in [3.8, 4) is 0 Å². The van der Waals surface area contributed by atoms with E-state index < -0.39 is 11.5 Å². The summed E-state index contributed by atoms with van der Waals surface area (Å²) in [6, 6.07) is 0.